The standard InChI is InChI=1S/C17H19NO/c1-13-7-6-10-16(11-13)18-17(19)12-14(2)15-8-4-3-5-9-15/h3-11,14H,12H2,1-2H3,(H,18,19)/t14-/m1/s1. The summed E-state index contributed by atoms with van der Waals surface area (Å²) in [5.74, 6) is 0.285. The Kier molecular flexibility index (Phi) is 4.35. The predicted molar refractivity (Wildman–Crippen MR) is 79.3 cm³/mol. The van der Waals surface area contributed by atoms with Crippen LogP contribution >= 0.6 is 0 Å². The smallest absolute Gasteiger partial charge is 0.224 e. The molecule has 0 spiro atoms. The molecular formula is C17H19NO. The average molecular weight is 253 g/mol. The molecule has 1 amide bonds. The zero-order valence-electron chi connectivity index (χ0n) is 11.4. The van der Waals surface area contributed by atoms with E-state index in [0.717, 1.165) is 11.3 Å². The maximum Gasteiger partial charge on any atom is 0.224 e. The lowest BCUT2D eigenvalue weighted by molar-refractivity contribution is -0.116. The molecule has 0 heterocycles. The topological polar surface area (TPSA) is 29.1 Å². The zero-order chi connectivity index (χ0) is 13.7. The number of carbonyl (C=O) groups excluding carboxylic acids is 1. The van der Waals surface area contributed by atoms with Crippen LogP contribution in [0.4, 0.5) is 5.69 Å². The molecule has 0 saturated heterocycles. The Morgan fingerprint density at radius 3 is 2.53 bits per heavy atom. The van der Waals surface area contributed by atoms with E-state index >= 15 is 0 Å². The molecule has 0 aromatic heterocycles. The van der Waals surface area contributed by atoms with Crippen LogP contribution in [-0.2, 0) is 4.79 Å². The SMILES string of the molecule is Cc1cccc(NC(=O)C[C@@H](C)c2ccccc2)c1. The second-order valence-corrected chi connectivity index (χ2v) is 4.93. The number of nitrogens with one attached hydrogen (secondary N) is 1. The Balaban J connectivity index is 1.95. The van der Waals surface area contributed by atoms with E-state index in [0.29, 0.717) is 6.42 Å². The van der Waals surface area contributed by atoms with E-state index in [2.05, 4.69) is 24.4 Å². The van der Waals surface area contributed by atoms with Crippen molar-refractivity contribution in [2.75, 3.05) is 5.32 Å². The number of aryl methyl sites for hydroxylation is 1. The van der Waals surface area contributed by atoms with Gasteiger partial charge in [0.1, 0.15) is 0 Å². The molecule has 2 nitrogen and oxygen atoms in total. The summed E-state index contributed by atoms with van der Waals surface area (Å²) in [4.78, 5) is 12.0. The Morgan fingerprint density at radius 1 is 1.11 bits per heavy atom. The fraction of sp³-hybridized carbons (Fsp3) is 0.235. The van der Waals surface area contributed by atoms with Gasteiger partial charge in [-0.3, -0.25) is 4.79 Å². The Bertz CT molecular complexity index is 548. The fourth-order valence-corrected chi connectivity index (χ4v) is 2.11. The van der Waals surface area contributed by atoms with Crippen LogP contribution in [0.2, 0.25) is 0 Å². The molecule has 2 rings (SSSR count). The molecule has 0 aliphatic heterocycles. The van der Waals surface area contributed by atoms with Gasteiger partial charge in [0, 0.05) is 12.1 Å². The summed E-state index contributed by atoms with van der Waals surface area (Å²) in [6, 6.07) is 18.0. The molecular weight excluding hydrogens is 234 g/mol. The third-order valence-corrected chi connectivity index (χ3v) is 3.16. The minimum absolute atomic E-state index is 0.0574. The molecule has 0 bridgehead atoms. The molecule has 1 N–H and O–H groups in total. The number of carbonyl (C=O) groups is 1. The summed E-state index contributed by atoms with van der Waals surface area (Å²) in [5.41, 5.74) is 3.21. The third-order valence-electron chi connectivity index (χ3n) is 3.16. The van der Waals surface area contributed by atoms with Crippen molar-refractivity contribution in [3.63, 3.8) is 0 Å². The number of anilines is 1. The number of hydrogen-bond acceptors (Lipinski definition) is 1. The van der Waals surface area contributed by atoms with Crippen LogP contribution in [0.15, 0.2) is 54.6 Å². The van der Waals surface area contributed by atoms with Crippen molar-refractivity contribution in [1.82, 2.24) is 0 Å². The van der Waals surface area contributed by atoms with E-state index in [4.69, 9.17) is 0 Å². The average Bonchev–Trinajstić information content (AvgIpc) is 2.39. The van der Waals surface area contributed by atoms with Crippen molar-refractivity contribution in [2.45, 2.75) is 26.2 Å². The first-order valence-corrected chi connectivity index (χ1v) is 6.56. The first-order chi connectivity index (χ1) is 9.15. The monoisotopic (exact) mass is 253 g/mol. The van der Waals surface area contributed by atoms with Crippen molar-refractivity contribution < 1.29 is 4.79 Å². The van der Waals surface area contributed by atoms with Gasteiger partial charge in [-0.05, 0) is 36.1 Å². The van der Waals surface area contributed by atoms with Crippen LogP contribution in [0.25, 0.3) is 0 Å². The summed E-state index contributed by atoms with van der Waals surface area (Å²) in [6.07, 6.45) is 0.498. The lowest BCUT2D eigenvalue weighted by Crippen LogP contribution is -2.14. The van der Waals surface area contributed by atoms with Gasteiger partial charge in [0.05, 0.1) is 0 Å². The van der Waals surface area contributed by atoms with Gasteiger partial charge in [0.15, 0.2) is 0 Å². The van der Waals surface area contributed by atoms with Gasteiger partial charge in [-0.1, -0.05) is 49.4 Å². The van der Waals surface area contributed by atoms with Gasteiger partial charge in [-0.2, -0.15) is 0 Å². The van der Waals surface area contributed by atoms with E-state index in [1.54, 1.807) is 0 Å². The van der Waals surface area contributed by atoms with Crippen molar-refractivity contribution in [1.29, 1.82) is 0 Å². The van der Waals surface area contributed by atoms with Gasteiger partial charge in [0.25, 0.3) is 0 Å². The van der Waals surface area contributed by atoms with Crippen LogP contribution < -0.4 is 5.32 Å². The Labute approximate surface area is 114 Å². The van der Waals surface area contributed by atoms with Crippen LogP contribution in [-0.4, -0.2) is 5.91 Å². The minimum atomic E-state index is 0.0574. The molecule has 98 valence electrons. The molecule has 0 aliphatic rings. The van der Waals surface area contributed by atoms with Gasteiger partial charge < -0.3 is 5.32 Å². The second kappa shape index (κ2) is 6.19. The molecule has 2 aromatic carbocycles. The van der Waals surface area contributed by atoms with Gasteiger partial charge >= 0.3 is 0 Å². The lowest BCUT2D eigenvalue weighted by Gasteiger charge is -2.12. The minimum Gasteiger partial charge on any atom is -0.326 e. The fourth-order valence-electron chi connectivity index (χ4n) is 2.11. The zero-order valence-corrected chi connectivity index (χ0v) is 11.4. The highest BCUT2D eigenvalue weighted by Crippen LogP contribution is 2.19. The predicted octanol–water partition coefficient (Wildman–Crippen LogP) is 4.13. The first kappa shape index (κ1) is 13.3. The molecule has 0 fully saturated rings. The molecule has 0 unspecified atom stereocenters. The maximum absolute atomic E-state index is 12.0. The molecule has 2 heteroatoms. The molecule has 19 heavy (non-hydrogen) atoms. The highest BCUT2D eigenvalue weighted by atomic mass is 16.1. The Hall–Kier alpha value is -2.09. The number of hydrogen-bond donors (Lipinski definition) is 1. The normalized spacial score (nSPS) is 11.9. The van der Waals surface area contributed by atoms with Crippen molar-refractivity contribution in [3.05, 3.63) is 65.7 Å². The van der Waals surface area contributed by atoms with Gasteiger partial charge in [-0.15, -0.1) is 0 Å². The van der Waals surface area contributed by atoms with Crippen molar-refractivity contribution in [3.8, 4) is 0 Å². The second-order valence-electron chi connectivity index (χ2n) is 4.93. The van der Waals surface area contributed by atoms with E-state index in [1.807, 2.05) is 49.4 Å². The molecule has 0 radical (unpaired) electrons. The summed E-state index contributed by atoms with van der Waals surface area (Å²) >= 11 is 0. The molecule has 2 aromatic rings. The van der Waals surface area contributed by atoms with E-state index in [1.165, 1.54) is 5.56 Å². The molecule has 0 saturated carbocycles. The van der Waals surface area contributed by atoms with E-state index < -0.39 is 0 Å². The first-order valence-electron chi connectivity index (χ1n) is 6.56. The van der Waals surface area contributed by atoms with Gasteiger partial charge in [-0.25, -0.2) is 0 Å². The Morgan fingerprint density at radius 2 is 1.84 bits per heavy atom. The quantitative estimate of drug-likeness (QED) is 0.872. The van der Waals surface area contributed by atoms with Crippen molar-refractivity contribution in [2.24, 2.45) is 0 Å². The lowest BCUT2D eigenvalue weighted by atomic mass is 9.97. The summed E-state index contributed by atoms with van der Waals surface area (Å²) in [5, 5.41) is 2.94. The molecule has 1 atom stereocenters. The number of amides is 1. The van der Waals surface area contributed by atoms with E-state index in [-0.39, 0.29) is 11.8 Å². The highest BCUT2D eigenvalue weighted by molar-refractivity contribution is 5.91. The third kappa shape index (κ3) is 3.95. The maximum atomic E-state index is 12.0. The van der Waals surface area contributed by atoms with Crippen molar-refractivity contribution >= 4 is 11.6 Å². The van der Waals surface area contributed by atoms with Crippen LogP contribution in [0.5, 0.6) is 0 Å². The summed E-state index contributed by atoms with van der Waals surface area (Å²) < 4.78 is 0. The highest BCUT2D eigenvalue weighted by Gasteiger charge is 2.11. The van der Waals surface area contributed by atoms with Gasteiger partial charge in [0.2, 0.25) is 5.91 Å². The number of rotatable bonds is 4. The largest absolute Gasteiger partial charge is 0.326 e. The van der Waals surface area contributed by atoms with E-state index in [9.17, 15) is 4.79 Å². The molecule has 0 aliphatic carbocycles. The van der Waals surface area contributed by atoms with Crippen LogP contribution in [0, 0.1) is 6.92 Å². The van der Waals surface area contributed by atoms with Crippen LogP contribution in [0.3, 0.4) is 0 Å². The van der Waals surface area contributed by atoms with Crippen LogP contribution in [0.1, 0.15) is 30.4 Å². The summed E-state index contributed by atoms with van der Waals surface area (Å²) in [6.45, 7) is 4.09. The number of benzene rings is 2. The summed E-state index contributed by atoms with van der Waals surface area (Å²) in [7, 11) is 0.